The van der Waals surface area contributed by atoms with Gasteiger partial charge in [0.15, 0.2) is 0 Å². The lowest BCUT2D eigenvalue weighted by Gasteiger charge is -2.36. The van der Waals surface area contributed by atoms with Crippen LogP contribution in [0.4, 0.5) is 18.0 Å². The van der Waals surface area contributed by atoms with Gasteiger partial charge in [-0.25, -0.2) is 9.59 Å². The number of urea groups is 1. The number of hydrogen-bond acceptors (Lipinski definition) is 6. The molecule has 0 aromatic heterocycles. The van der Waals surface area contributed by atoms with Gasteiger partial charge in [-0.3, -0.25) is 9.89 Å². The van der Waals surface area contributed by atoms with Gasteiger partial charge in [0.2, 0.25) is 0 Å². The smallest absolute Gasteiger partial charge is 0.490 e. The SMILES string of the molecule is CCC[C@H]1N=C(c2ccc(OC)cc2OC(C)C)N(C(=O)N2CCNCC2)[C@H]1c1ccc(Cl)cc1.O=C(O)C(F)(F)F. The summed E-state index contributed by atoms with van der Waals surface area (Å²) in [5, 5.41) is 11.1. The van der Waals surface area contributed by atoms with E-state index in [0.29, 0.717) is 35.4 Å². The number of nitrogens with zero attached hydrogens (tertiary/aromatic N) is 3. The molecule has 0 spiro atoms. The molecule has 2 aliphatic heterocycles. The predicted octanol–water partition coefficient (Wildman–Crippen LogP) is 5.77. The highest BCUT2D eigenvalue weighted by Crippen LogP contribution is 2.40. The Hall–Kier alpha value is -3.51. The van der Waals surface area contributed by atoms with Crippen LogP contribution in [0.3, 0.4) is 0 Å². The third kappa shape index (κ3) is 8.28. The van der Waals surface area contributed by atoms with Crippen molar-refractivity contribution in [1.29, 1.82) is 0 Å². The van der Waals surface area contributed by atoms with Crippen molar-refractivity contribution in [3.05, 3.63) is 58.6 Å². The highest BCUT2D eigenvalue weighted by atomic mass is 35.5. The van der Waals surface area contributed by atoms with Crippen LogP contribution in [-0.2, 0) is 4.79 Å². The summed E-state index contributed by atoms with van der Waals surface area (Å²) in [5.74, 6) is -0.761. The van der Waals surface area contributed by atoms with E-state index >= 15 is 0 Å². The molecule has 1 saturated heterocycles. The number of piperazine rings is 1. The zero-order valence-electron chi connectivity index (χ0n) is 23.9. The first-order valence-corrected chi connectivity index (χ1v) is 14.0. The number of ether oxygens (including phenoxy) is 2. The van der Waals surface area contributed by atoms with E-state index in [9.17, 15) is 18.0 Å². The molecular weight excluding hydrogens is 577 g/mol. The van der Waals surface area contributed by atoms with E-state index in [1.165, 1.54) is 0 Å². The van der Waals surface area contributed by atoms with Gasteiger partial charge in [-0.1, -0.05) is 37.1 Å². The maximum Gasteiger partial charge on any atom is 0.490 e. The number of amides is 2. The van der Waals surface area contributed by atoms with Crippen molar-refractivity contribution in [2.45, 2.75) is 58.0 Å². The zero-order chi connectivity index (χ0) is 31.0. The summed E-state index contributed by atoms with van der Waals surface area (Å²) in [5.41, 5.74) is 1.82. The number of hydrogen-bond donors (Lipinski definition) is 2. The monoisotopic (exact) mass is 612 g/mol. The molecule has 2 amide bonds. The van der Waals surface area contributed by atoms with Crippen LogP contribution in [0.25, 0.3) is 0 Å². The third-order valence-corrected chi connectivity index (χ3v) is 6.84. The summed E-state index contributed by atoms with van der Waals surface area (Å²) in [6.45, 7) is 8.99. The van der Waals surface area contributed by atoms with E-state index in [-0.39, 0.29) is 24.2 Å². The van der Waals surface area contributed by atoms with Crippen molar-refractivity contribution < 1.29 is 37.3 Å². The minimum atomic E-state index is -5.08. The normalized spacial score (nSPS) is 18.7. The molecule has 0 saturated carbocycles. The van der Waals surface area contributed by atoms with E-state index in [1.807, 2.05) is 66.1 Å². The Balaban J connectivity index is 0.000000616. The predicted molar refractivity (Wildman–Crippen MR) is 154 cm³/mol. The summed E-state index contributed by atoms with van der Waals surface area (Å²) in [6.07, 6.45) is -3.31. The fourth-order valence-corrected chi connectivity index (χ4v) is 4.85. The third-order valence-electron chi connectivity index (χ3n) is 6.58. The molecule has 2 heterocycles. The molecule has 0 radical (unpaired) electrons. The van der Waals surface area contributed by atoms with Crippen LogP contribution in [0.5, 0.6) is 11.5 Å². The first-order chi connectivity index (χ1) is 19.9. The minimum absolute atomic E-state index is 0.0323. The van der Waals surface area contributed by atoms with Crippen molar-refractivity contribution >= 4 is 29.4 Å². The Kier molecular flexibility index (Phi) is 11.5. The van der Waals surface area contributed by atoms with Gasteiger partial charge in [0.25, 0.3) is 0 Å². The van der Waals surface area contributed by atoms with E-state index in [4.69, 9.17) is 36.0 Å². The van der Waals surface area contributed by atoms with Crippen LogP contribution in [0.2, 0.25) is 5.02 Å². The molecule has 2 aromatic rings. The molecule has 0 unspecified atom stereocenters. The van der Waals surface area contributed by atoms with Gasteiger partial charge >= 0.3 is 18.2 Å². The van der Waals surface area contributed by atoms with Crippen LogP contribution in [0.1, 0.15) is 50.8 Å². The van der Waals surface area contributed by atoms with Gasteiger partial charge < -0.3 is 24.8 Å². The van der Waals surface area contributed by atoms with E-state index in [1.54, 1.807) is 7.11 Å². The minimum Gasteiger partial charge on any atom is -0.497 e. The second-order valence-corrected chi connectivity index (χ2v) is 10.5. The lowest BCUT2D eigenvalue weighted by atomic mass is 9.96. The van der Waals surface area contributed by atoms with Crippen molar-refractivity contribution in [3.8, 4) is 11.5 Å². The molecule has 2 atom stereocenters. The molecule has 13 heteroatoms. The van der Waals surface area contributed by atoms with Crippen molar-refractivity contribution in [1.82, 2.24) is 15.1 Å². The summed E-state index contributed by atoms with van der Waals surface area (Å²) in [6, 6.07) is 13.2. The number of aliphatic carboxylic acids is 1. The number of carbonyl (C=O) groups excluding carboxylic acids is 1. The Morgan fingerprint density at radius 3 is 2.29 bits per heavy atom. The van der Waals surface area contributed by atoms with Crippen molar-refractivity contribution in [2.75, 3.05) is 33.3 Å². The maximum atomic E-state index is 14.1. The molecule has 230 valence electrons. The molecule has 42 heavy (non-hydrogen) atoms. The van der Waals surface area contributed by atoms with E-state index < -0.39 is 12.1 Å². The Morgan fingerprint density at radius 1 is 1.14 bits per heavy atom. The number of methoxy groups -OCH3 is 1. The summed E-state index contributed by atoms with van der Waals surface area (Å²) in [7, 11) is 1.63. The summed E-state index contributed by atoms with van der Waals surface area (Å²) >= 11 is 6.21. The van der Waals surface area contributed by atoms with Crippen molar-refractivity contribution in [3.63, 3.8) is 0 Å². The molecule has 2 aliphatic rings. The maximum absolute atomic E-state index is 14.1. The molecule has 1 fully saturated rings. The number of aliphatic imine (C=N–C) groups is 1. The largest absolute Gasteiger partial charge is 0.497 e. The van der Waals surface area contributed by atoms with Gasteiger partial charge in [0.05, 0.1) is 30.9 Å². The Labute approximate surface area is 248 Å². The average Bonchev–Trinajstić information content (AvgIpc) is 3.32. The lowest BCUT2D eigenvalue weighted by molar-refractivity contribution is -0.192. The first kappa shape index (κ1) is 33.0. The van der Waals surface area contributed by atoms with E-state index in [0.717, 1.165) is 37.1 Å². The molecule has 0 bridgehead atoms. The summed E-state index contributed by atoms with van der Waals surface area (Å²) < 4.78 is 43.4. The van der Waals surface area contributed by atoms with Crippen LogP contribution in [0, 0.1) is 0 Å². The molecule has 0 aliphatic carbocycles. The number of carbonyl (C=O) groups is 2. The second kappa shape index (κ2) is 14.6. The molecule has 2 aromatic carbocycles. The lowest BCUT2D eigenvalue weighted by Crippen LogP contribution is -2.53. The zero-order valence-corrected chi connectivity index (χ0v) is 24.7. The number of carboxylic acids is 1. The van der Waals surface area contributed by atoms with Gasteiger partial charge in [0, 0.05) is 37.3 Å². The summed E-state index contributed by atoms with van der Waals surface area (Å²) in [4.78, 5) is 32.0. The van der Waals surface area contributed by atoms with Crippen molar-refractivity contribution in [2.24, 2.45) is 4.99 Å². The van der Waals surface area contributed by atoms with Crippen LogP contribution >= 0.6 is 11.6 Å². The number of halogens is 4. The number of carboxylic acid groups (broad SMARTS) is 1. The molecular formula is C29H36ClF3N4O5. The number of benzene rings is 2. The molecule has 9 nitrogen and oxygen atoms in total. The Morgan fingerprint density at radius 2 is 1.76 bits per heavy atom. The quantitative estimate of drug-likeness (QED) is 0.412. The standard InChI is InChI=1S/C27H35ClN4O3.C2HF3O2/c1-5-6-23-25(19-7-9-20(28)10-8-19)32(27(33)31-15-13-29-14-16-31)26(30-23)22-12-11-21(34-4)17-24(22)35-18(2)3;3-2(4,5)1(6)7/h7-12,17-18,23,25,29H,5-6,13-16H2,1-4H3;(H,6,7)/t23-,25+;/m1./s1. The number of alkyl halides is 3. The average molecular weight is 613 g/mol. The van der Waals surface area contributed by atoms with E-state index in [2.05, 4.69) is 12.2 Å². The fraction of sp³-hybridized carbons (Fsp3) is 0.483. The van der Waals surface area contributed by atoms with Gasteiger partial charge in [-0.05, 0) is 50.1 Å². The van der Waals surface area contributed by atoms with Gasteiger partial charge in [0.1, 0.15) is 17.3 Å². The number of rotatable bonds is 7. The fourth-order valence-electron chi connectivity index (χ4n) is 4.73. The van der Waals surface area contributed by atoms with Gasteiger partial charge in [-0.15, -0.1) is 0 Å². The molecule has 4 rings (SSSR count). The highest BCUT2D eigenvalue weighted by molar-refractivity contribution is 6.30. The number of amidine groups is 1. The highest BCUT2D eigenvalue weighted by Gasteiger charge is 2.43. The number of nitrogens with one attached hydrogen (secondary N) is 1. The van der Waals surface area contributed by atoms with Crippen LogP contribution in [0.15, 0.2) is 47.5 Å². The second-order valence-electron chi connectivity index (χ2n) is 10.0. The molecule has 2 N–H and O–H groups in total. The van der Waals surface area contributed by atoms with Crippen LogP contribution in [-0.4, -0.2) is 84.4 Å². The van der Waals surface area contributed by atoms with Crippen LogP contribution < -0.4 is 14.8 Å². The Bertz CT molecular complexity index is 1250. The topological polar surface area (TPSA) is 104 Å². The van der Waals surface area contributed by atoms with Gasteiger partial charge in [-0.2, -0.15) is 13.2 Å². The first-order valence-electron chi connectivity index (χ1n) is 13.6.